The summed E-state index contributed by atoms with van der Waals surface area (Å²) in [5.41, 5.74) is -0.627. The maximum Gasteiger partial charge on any atom is 0.285 e. The van der Waals surface area contributed by atoms with Crippen molar-refractivity contribution in [2.45, 2.75) is 19.5 Å². The highest BCUT2D eigenvalue weighted by molar-refractivity contribution is 5.85. The van der Waals surface area contributed by atoms with E-state index in [0.717, 1.165) is 22.9 Å². The molecule has 9 heteroatoms. The molecule has 1 saturated heterocycles. The Hall–Kier alpha value is -1.93. The Morgan fingerprint density at radius 3 is 2.86 bits per heavy atom. The van der Waals surface area contributed by atoms with Gasteiger partial charge in [-0.25, -0.2) is 0 Å². The van der Waals surface area contributed by atoms with E-state index in [0.29, 0.717) is 19.6 Å². The van der Waals surface area contributed by atoms with Crippen LogP contribution in [0.2, 0.25) is 0 Å². The molecule has 1 amide bonds. The number of halogens is 1. The third kappa shape index (κ3) is 4.27. The average Bonchev–Trinajstić information content (AvgIpc) is 2.41. The number of nitrogens with one attached hydrogen (secondary N) is 1. The number of pyridine rings is 1. The highest BCUT2D eigenvalue weighted by Gasteiger charge is 2.21. The van der Waals surface area contributed by atoms with Crippen LogP contribution in [0.25, 0.3) is 0 Å². The van der Waals surface area contributed by atoms with E-state index in [1.54, 1.807) is 4.90 Å². The normalized spacial score (nSPS) is 18.0. The number of carbonyl (C=O) groups is 1. The van der Waals surface area contributed by atoms with Crippen LogP contribution in [0.1, 0.15) is 6.92 Å². The number of hydrogen-bond acceptors (Lipinski definition) is 5. The summed E-state index contributed by atoms with van der Waals surface area (Å²) < 4.78 is 1.08. The lowest BCUT2D eigenvalue weighted by Gasteiger charge is -2.32. The van der Waals surface area contributed by atoms with E-state index in [-0.39, 0.29) is 36.6 Å². The lowest BCUT2D eigenvalue weighted by molar-refractivity contribution is -0.385. The lowest BCUT2D eigenvalue weighted by Crippen LogP contribution is -2.52. The summed E-state index contributed by atoms with van der Waals surface area (Å²) in [5, 5.41) is 13.9. The number of piperazine rings is 1. The Morgan fingerprint density at radius 2 is 2.24 bits per heavy atom. The Bertz CT molecular complexity index is 589. The quantitative estimate of drug-likeness (QED) is 0.625. The van der Waals surface area contributed by atoms with Gasteiger partial charge in [-0.15, -0.1) is 12.4 Å². The van der Waals surface area contributed by atoms with Gasteiger partial charge in [0.25, 0.3) is 11.2 Å². The molecule has 0 spiro atoms. The molecular weight excluding hydrogens is 300 g/mol. The molecule has 1 aromatic rings. The van der Waals surface area contributed by atoms with Crippen LogP contribution >= 0.6 is 12.4 Å². The standard InChI is InChI=1S/C12H16N4O4.ClH/c1-9-6-14(5-4-13-9)12(18)8-15-7-10(16(19)20)2-3-11(15)17;/h2-3,7,9,13H,4-6,8H2,1H3;1H. The average molecular weight is 317 g/mol. The largest absolute Gasteiger partial charge is 0.338 e. The second-order valence-corrected chi connectivity index (χ2v) is 4.81. The Balaban J connectivity index is 0.00000220. The second kappa shape index (κ2) is 7.19. The summed E-state index contributed by atoms with van der Waals surface area (Å²) in [4.78, 5) is 35.5. The van der Waals surface area contributed by atoms with Crippen LogP contribution in [0.15, 0.2) is 23.1 Å². The molecule has 1 unspecified atom stereocenters. The van der Waals surface area contributed by atoms with Crippen LogP contribution in [0.3, 0.4) is 0 Å². The maximum atomic E-state index is 12.1. The number of rotatable bonds is 3. The van der Waals surface area contributed by atoms with E-state index >= 15 is 0 Å². The zero-order valence-electron chi connectivity index (χ0n) is 11.5. The van der Waals surface area contributed by atoms with Crippen molar-refractivity contribution in [1.82, 2.24) is 14.8 Å². The van der Waals surface area contributed by atoms with Gasteiger partial charge in [0.1, 0.15) is 6.54 Å². The second-order valence-electron chi connectivity index (χ2n) is 4.81. The monoisotopic (exact) mass is 316 g/mol. The number of hydrogen-bond donors (Lipinski definition) is 1. The van der Waals surface area contributed by atoms with Gasteiger partial charge in [-0.3, -0.25) is 24.3 Å². The van der Waals surface area contributed by atoms with Crippen LogP contribution < -0.4 is 10.9 Å². The first-order valence-corrected chi connectivity index (χ1v) is 6.33. The molecule has 0 aliphatic carbocycles. The van der Waals surface area contributed by atoms with Crippen molar-refractivity contribution in [3.05, 3.63) is 38.8 Å². The fraction of sp³-hybridized carbons (Fsp3) is 0.500. The third-order valence-electron chi connectivity index (χ3n) is 3.21. The first kappa shape index (κ1) is 17.1. The van der Waals surface area contributed by atoms with Crippen molar-refractivity contribution in [2.24, 2.45) is 0 Å². The number of aromatic nitrogens is 1. The summed E-state index contributed by atoms with van der Waals surface area (Å²) in [6, 6.07) is 2.44. The van der Waals surface area contributed by atoms with E-state index in [4.69, 9.17) is 0 Å². The molecule has 2 heterocycles. The van der Waals surface area contributed by atoms with E-state index in [1.807, 2.05) is 6.92 Å². The third-order valence-corrected chi connectivity index (χ3v) is 3.21. The zero-order chi connectivity index (χ0) is 14.7. The summed E-state index contributed by atoms with van der Waals surface area (Å²) >= 11 is 0. The van der Waals surface area contributed by atoms with Crippen molar-refractivity contribution in [1.29, 1.82) is 0 Å². The minimum atomic E-state index is -0.590. The highest BCUT2D eigenvalue weighted by atomic mass is 35.5. The SMILES string of the molecule is CC1CN(C(=O)Cn2cc([N+](=O)[O-])ccc2=O)CCN1.Cl. The fourth-order valence-electron chi connectivity index (χ4n) is 2.15. The van der Waals surface area contributed by atoms with Gasteiger partial charge < -0.3 is 10.2 Å². The molecule has 1 aliphatic heterocycles. The van der Waals surface area contributed by atoms with Gasteiger partial charge in [-0.2, -0.15) is 0 Å². The molecular formula is C12H17ClN4O4. The molecule has 0 bridgehead atoms. The molecule has 116 valence electrons. The fourth-order valence-corrected chi connectivity index (χ4v) is 2.15. The molecule has 21 heavy (non-hydrogen) atoms. The Morgan fingerprint density at radius 1 is 1.52 bits per heavy atom. The van der Waals surface area contributed by atoms with Gasteiger partial charge in [-0.1, -0.05) is 0 Å². The van der Waals surface area contributed by atoms with Crippen LogP contribution in [-0.4, -0.2) is 46.0 Å². The van der Waals surface area contributed by atoms with E-state index in [9.17, 15) is 19.7 Å². The number of nitro groups is 1. The van der Waals surface area contributed by atoms with Crippen molar-refractivity contribution in [3.63, 3.8) is 0 Å². The van der Waals surface area contributed by atoms with Crippen LogP contribution in [0, 0.1) is 10.1 Å². The van der Waals surface area contributed by atoms with Crippen LogP contribution in [0.4, 0.5) is 5.69 Å². The number of carbonyl (C=O) groups excluding carboxylic acids is 1. The Kier molecular flexibility index (Phi) is 5.86. The lowest BCUT2D eigenvalue weighted by atomic mass is 10.2. The molecule has 1 atom stereocenters. The first-order chi connectivity index (χ1) is 9.47. The van der Waals surface area contributed by atoms with E-state index in [2.05, 4.69) is 5.32 Å². The molecule has 0 saturated carbocycles. The summed E-state index contributed by atoms with van der Waals surface area (Å²) in [6.07, 6.45) is 1.10. The predicted molar refractivity (Wildman–Crippen MR) is 78.6 cm³/mol. The highest BCUT2D eigenvalue weighted by Crippen LogP contribution is 2.07. The zero-order valence-corrected chi connectivity index (χ0v) is 12.3. The molecule has 1 N–H and O–H groups in total. The molecule has 2 rings (SSSR count). The van der Waals surface area contributed by atoms with Crippen molar-refractivity contribution in [3.8, 4) is 0 Å². The Labute approximate surface area is 127 Å². The van der Waals surface area contributed by atoms with Crippen LogP contribution in [0.5, 0.6) is 0 Å². The van der Waals surface area contributed by atoms with Gasteiger partial charge in [0.2, 0.25) is 5.91 Å². The smallest absolute Gasteiger partial charge is 0.285 e. The molecule has 1 aliphatic rings. The number of amides is 1. The molecule has 1 fully saturated rings. The van der Waals surface area contributed by atoms with Gasteiger partial charge in [0.05, 0.1) is 11.1 Å². The molecule has 1 aromatic heterocycles. The van der Waals surface area contributed by atoms with Gasteiger partial charge in [-0.05, 0) is 6.92 Å². The summed E-state index contributed by atoms with van der Waals surface area (Å²) in [5.74, 6) is -0.207. The molecule has 0 aromatic carbocycles. The molecule has 8 nitrogen and oxygen atoms in total. The van der Waals surface area contributed by atoms with Gasteiger partial charge in [0, 0.05) is 37.8 Å². The minimum Gasteiger partial charge on any atom is -0.338 e. The van der Waals surface area contributed by atoms with E-state index in [1.165, 1.54) is 0 Å². The number of nitrogens with zero attached hydrogens (tertiary/aromatic N) is 3. The van der Waals surface area contributed by atoms with Crippen molar-refractivity contribution < 1.29 is 9.72 Å². The maximum absolute atomic E-state index is 12.1. The van der Waals surface area contributed by atoms with Crippen molar-refractivity contribution in [2.75, 3.05) is 19.6 Å². The van der Waals surface area contributed by atoms with Gasteiger partial charge >= 0.3 is 0 Å². The molecule has 0 radical (unpaired) electrons. The van der Waals surface area contributed by atoms with Crippen LogP contribution in [-0.2, 0) is 11.3 Å². The minimum absolute atomic E-state index is 0. The predicted octanol–water partition coefficient (Wildman–Crippen LogP) is -0.00140. The summed E-state index contributed by atoms with van der Waals surface area (Å²) in [7, 11) is 0. The summed E-state index contributed by atoms with van der Waals surface area (Å²) in [6.45, 7) is 3.65. The van der Waals surface area contributed by atoms with E-state index < -0.39 is 10.5 Å². The first-order valence-electron chi connectivity index (χ1n) is 6.33. The van der Waals surface area contributed by atoms with Crippen molar-refractivity contribution >= 4 is 24.0 Å². The topological polar surface area (TPSA) is 97.5 Å². The van der Waals surface area contributed by atoms with Gasteiger partial charge in [0.15, 0.2) is 0 Å².